The van der Waals surface area contributed by atoms with Crippen molar-refractivity contribution in [2.24, 2.45) is 0 Å². The summed E-state index contributed by atoms with van der Waals surface area (Å²) < 4.78 is 22.3. The Morgan fingerprint density at radius 1 is 1.23 bits per heavy atom. The van der Waals surface area contributed by atoms with E-state index >= 15 is 0 Å². The van der Waals surface area contributed by atoms with E-state index in [0.717, 1.165) is 13.1 Å². The third-order valence-electron chi connectivity index (χ3n) is 1.88. The van der Waals surface area contributed by atoms with Crippen LogP contribution in [0, 0.1) is 0 Å². The summed E-state index contributed by atoms with van der Waals surface area (Å²) in [6.07, 6.45) is -0.0679. The van der Waals surface area contributed by atoms with E-state index in [9.17, 15) is 4.57 Å². The summed E-state index contributed by atoms with van der Waals surface area (Å²) >= 11 is 0. The number of nitrogens with zero attached hydrogens (tertiary/aromatic N) is 1. The lowest BCUT2D eigenvalue weighted by molar-refractivity contribution is 0.0599. The van der Waals surface area contributed by atoms with Crippen LogP contribution in [0.1, 0.15) is 13.8 Å². The van der Waals surface area contributed by atoms with Crippen LogP contribution in [-0.2, 0) is 13.6 Å². The van der Waals surface area contributed by atoms with Gasteiger partial charge in [-0.15, -0.1) is 0 Å². The molecule has 0 aromatic heterocycles. The predicted molar refractivity (Wildman–Crippen MR) is 52.1 cm³/mol. The van der Waals surface area contributed by atoms with E-state index in [0.29, 0.717) is 0 Å². The highest BCUT2D eigenvalue weighted by atomic mass is 31.2. The maximum Gasteiger partial charge on any atom is 0.328 e. The molecule has 1 unspecified atom stereocenters. The van der Waals surface area contributed by atoms with Gasteiger partial charge in [-0.3, -0.25) is 4.57 Å². The van der Waals surface area contributed by atoms with Gasteiger partial charge in [0.2, 0.25) is 0 Å². The molecule has 1 aliphatic rings. The highest BCUT2D eigenvalue weighted by Gasteiger charge is 2.27. The summed E-state index contributed by atoms with van der Waals surface area (Å²) in [7, 11) is -0.818. The van der Waals surface area contributed by atoms with Crippen molar-refractivity contribution in [2.45, 2.75) is 26.1 Å². The normalized spacial score (nSPS) is 44.0. The second kappa shape index (κ2) is 4.09. The molecular formula is C8H18NO3P. The minimum absolute atomic E-state index is 0.0340. The molecular weight excluding hydrogens is 189 g/mol. The fourth-order valence-corrected chi connectivity index (χ4v) is 3.19. The van der Waals surface area contributed by atoms with Gasteiger partial charge in [-0.2, -0.15) is 0 Å². The number of likely N-dealkylation sites (N-methyl/N-ethyl adjacent to an activating group) is 1. The van der Waals surface area contributed by atoms with Gasteiger partial charge in [0.1, 0.15) is 0 Å². The number of hydrogen-bond acceptors (Lipinski definition) is 4. The van der Waals surface area contributed by atoms with Crippen molar-refractivity contribution in [3.05, 3.63) is 0 Å². The maximum atomic E-state index is 11.7. The highest BCUT2D eigenvalue weighted by Crippen LogP contribution is 2.47. The van der Waals surface area contributed by atoms with Gasteiger partial charge in [-0.25, -0.2) is 0 Å². The predicted octanol–water partition coefficient (Wildman–Crippen LogP) is 1.56. The van der Waals surface area contributed by atoms with Crippen LogP contribution >= 0.6 is 7.60 Å². The molecule has 0 aromatic carbocycles. The van der Waals surface area contributed by atoms with E-state index in [2.05, 4.69) is 4.90 Å². The lowest BCUT2D eigenvalue weighted by atomic mass is 10.3. The van der Waals surface area contributed by atoms with Crippen LogP contribution in [0.2, 0.25) is 0 Å². The van der Waals surface area contributed by atoms with Crippen molar-refractivity contribution in [3.63, 3.8) is 0 Å². The Morgan fingerprint density at radius 3 is 2.00 bits per heavy atom. The Hall–Kier alpha value is 0.110. The summed E-state index contributed by atoms with van der Waals surface area (Å²) in [6.45, 7) is 6.94. The molecule has 13 heavy (non-hydrogen) atoms. The fourth-order valence-electron chi connectivity index (χ4n) is 1.70. The van der Waals surface area contributed by atoms with E-state index < -0.39 is 7.60 Å². The maximum absolute atomic E-state index is 11.7. The third kappa shape index (κ3) is 3.77. The van der Waals surface area contributed by atoms with Crippen LogP contribution in [0.4, 0.5) is 0 Å². The Morgan fingerprint density at radius 2 is 1.62 bits per heavy atom. The minimum Gasteiger partial charge on any atom is -0.304 e. The SMILES string of the molecule is C[C@@H]1CN(C)C[C@H](C)OP(C)(=O)O1. The van der Waals surface area contributed by atoms with E-state index in [1.165, 1.54) is 6.66 Å². The third-order valence-corrected chi connectivity index (χ3v) is 3.37. The first kappa shape index (κ1) is 11.2. The summed E-state index contributed by atoms with van der Waals surface area (Å²) in [5.41, 5.74) is 0. The number of rotatable bonds is 0. The molecule has 0 saturated carbocycles. The monoisotopic (exact) mass is 207 g/mol. The molecule has 1 fully saturated rings. The molecule has 78 valence electrons. The van der Waals surface area contributed by atoms with Crippen LogP contribution in [0.5, 0.6) is 0 Å². The zero-order valence-corrected chi connectivity index (χ0v) is 9.58. The van der Waals surface area contributed by atoms with Gasteiger partial charge in [-0.05, 0) is 20.9 Å². The highest BCUT2D eigenvalue weighted by molar-refractivity contribution is 7.53. The topological polar surface area (TPSA) is 38.8 Å². The fraction of sp³-hybridized carbons (Fsp3) is 1.00. The molecule has 0 bridgehead atoms. The van der Waals surface area contributed by atoms with E-state index in [-0.39, 0.29) is 12.2 Å². The zero-order valence-electron chi connectivity index (χ0n) is 8.69. The number of hydrogen-bond donors (Lipinski definition) is 0. The standard InChI is InChI=1S/C8H18NO3P/c1-7-5-9(3)6-8(2)12-13(4,10)11-7/h7-8H,5-6H2,1-4H3/t7-,8+,13?. The van der Waals surface area contributed by atoms with Crippen molar-refractivity contribution in [1.82, 2.24) is 4.90 Å². The van der Waals surface area contributed by atoms with Gasteiger partial charge >= 0.3 is 7.60 Å². The van der Waals surface area contributed by atoms with Gasteiger partial charge in [0, 0.05) is 19.8 Å². The molecule has 5 heteroatoms. The molecule has 0 aromatic rings. The molecule has 4 nitrogen and oxygen atoms in total. The smallest absolute Gasteiger partial charge is 0.304 e. The Kier molecular flexibility index (Phi) is 3.52. The second-order valence-electron chi connectivity index (χ2n) is 3.82. The van der Waals surface area contributed by atoms with E-state index in [1.54, 1.807) is 0 Å². The van der Waals surface area contributed by atoms with Crippen LogP contribution < -0.4 is 0 Å². The van der Waals surface area contributed by atoms with Gasteiger partial charge in [0.05, 0.1) is 12.2 Å². The molecule has 0 N–H and O–H groups in total. The Labute approximate surface area is 79.7 Å². The molecule has 1 heterocycles. The molecule has 1 aliphatic heterocycles. The van der Waals surface area contributed by atoms with Gasteiger partial charge in [0.25, 0.3) is 0 Å². The van der Waals surface area contributed by atoms with Crippen LogP contribution in [0.15, 0.2) is 0 Å². The molecule has 0 spiro atoms. The Bertz CT molecular complexity index is 203. The molecule has 0 aliphatic carbocycles. The van der Waals surface area contributed by atoms with Crippen LogP contribution in [-0.4, -0.2) is 43.9 Å². The van der Waals surface area contributed by atoms with Gasteiger partial charge < -0.3 is 13.9 Å². The summed E-state index contributed by atoms with van der Waals surface area (Å²) in [5, 5.41) is 0. The lowest BCUT2D eigenvalue weighted by Crippen LogP contribution is -2.37. The summed E-state index contributed by atoms with van der Waals surface area (Å²) in [5.74, 6) is 0. The zero-order chi connectivity index (χ0) is 10.1. The van der Waals surface area contributed by atoms with Crippen LogP contribution in [0.25, 0.3) is 0 Å². The largest absolute Gasteiger partial charge is 0.328 e. The molecule has 3 atom stereocenters. The Balaban J connectivity index is 2.65. The van der Waals surface area contributed by atoms with E-state index in [4.69, 9.17) is 9.05 Å². The molecule has 1 rings (SSSR count). The molecule has 0 amide bonds. The van der Waals surface area contributed by atoms with Gasteiger partial charge in [0.15, 0.2) is 0 Å². The average Bonchev–Trinajstić information content (AvgIpc) is 1.78. The van der Waals surface area contributed by atoms with Crippen molar-refractivity contribution in [3.8, 4) is 0 Å². The average molecular weight is 207 g/mol. The van der Waals surface area contributed by atoms with E-state index in [1.807, 2.05) is 20.9 Å². The quantitative estimate of drug-likeness (QED) is 0.565. The first-order chi connectivity index (χ1) is 5.89. The molecule has 1 saturated heterocycles. The summed E-state index contributed by atoms with van der Waals surface area (Å²) in [4.78, 5) is 2.12. The van der Waals surface area contributed by atoms with Crippen molar-refractivity contribution < 1.29 is 13.6 Å². The summed E-state index contributed by atoms with van der Waals surface area (Å²) in [6, 6.07) is 0. The van der Waals surface area contributed by atoms with Gasteiger partial charge in [-0.1, -0.05) is 0 Å². The lowest BCUT2D eigenvalue weighted by Gasteiger charge is -2.31. The first-order valence-corrected chi connectivity index (χ1v) is 6.51. The first-order valence-electron chi connectivity index (χ1n) is 4.52. The molecule has 0 radical (unpaired) electrons. The van der Waals surface area contributed by atoms with Crippen molar-refractivity contribution in [2.75, 3.05) is 26.8 Å². The van der Waals surface area contributed by atoms with Crippen molar-refractivity contribution in [1.29, 1.82) is 0 Å². The van der Waals surface area contributed by atoms with Crippen molar-refractivity contribution >= 4 is 7.60 Å². The second-order valence-corrected chi connectivity index (χ2v) is 5.79. The minimum atomic E-state index is -2.82. The van der Waals surface area contributed by atoms with Crippen LogP contribution in [0.3, 0.4) is 0 Å².